The third-order valence-corrected chi connectivity index (χ3v) is 5.25. The molecule has 138 valence electrons. The van der Waals surface area contributed by atoms with Gasteiger partial charge in [0.15, 0.2) is 0 Å². The van der Waals surface area contributed by atoms with Gasteiger partial charge in [-0.25, -0.2) is 0 Å². The van der Waals surface area contributed by atoms with Crippen LogP contribution in [-0.4, -0.2) is 55.6 Å². The van der Waals surface area contributed by atoms with Gasteiger partial charge in [0.2, 0.25) is 0 Å². The third kappa shape index (κ3) is 4.91. The molecular weight excluding hydrogens is 350 g/mol. The van der Waals surface area contributed by atoms with Crippen molar-refractivity contribution in [3.63, 3.8) is 0 Å². The first-order valence-corrected chi connectivity index (χ1v) is 9.56. The number of anilines is 1. The van der Waals surface area contributed by atoms with E-state index >= 15 is 0 Å². The van der Waals surface area contributed by atoms with Crippen molar-refractivity contribution in [3.8, 4) is 0 Å². The van der Waals surface area contributed by atoms with Crippen LogP contribution in [0.25, 0.3) is 0 Å². The maximum absolute atomic E-state index is 12.3. The molecule has 0 aliphatic carbocycles. The number of ether oxygens (including phenoxy) is 1. The summed E-state index contributed by atoms with van der Waals surface area (Å²) in [6.07, 6.45) is 0. The highest BCUT2D eigenvalue weighted by molar-refractivity contribution is 7.12. The Morgan fingerprint density at radius 1 is 1.15 bits per heavy atom. The highest BCUT2D eigenvalue weighted by Crippen LogP contribution is 2.14. The van der Waals surface area contributed by atoms with Gasteiger partial charge in [-0.15, -0.1) is 11.3 Å². The molecule has 1 unspecified atom stereocenters. The van der Waals surface area contributed by atoms with E-state index in [4.69, 9.17) is 4.74 Å². The molecule has 1 saturated heterocycles. The molecular formula is C19H23N3O3S. The second-order valence-corrected chi connectivity index (χ2v) is 7.16. The number of nitrogens with zero attached hydrogens (tertiary/aromatic N) is 1. The van der Waals surface area contributed by atoms with E-state index in [0.717, 1.165) is 26.3 Å². The van der Waals surface area contributed by atoms with Gasteiger partial charge in [-0.3, -0.25) is 14.5 Å². The van der Waals surface area contributed by atoms with Crippen LogP contribution in [-0.2, 0) is 4.74 Å². The lowest BCUT2D eigenvalue weighted by atomic mass is 10.2. The molecule has 6 nitrogen and oxygen atoms in total. The summed E-state index contributed by atoms with van der Waals surface area (Å²) < 4.78 is 5.35. The van der Waals surface area contributed by atoms with Crippen molar-refractivity contribution in [1.82, 2.24) is 10.2 Å². The second kappa shape index (κ2) is 8.93. The molecule has 1 aromatic carbocycles. The smallest absolute Gasteiger partial charge is 0.265 e. The third-order valence-electron chi connectivity index (χ3n) is 4.38. The van der Waals surface area contributed by atoms with Crippen molar-refractivity contribution in [1.29, 1.82) is 0 Å². The molecule has 0 bridgehead atoms. The largest absolute Gasteiger partial charge is 0.379 e. The summed E-state index contributed by atoms with van der Waals surface area (Å²) in [6, 6.07) is 10.8. The zero-order valence-electron chi connectivity index (χ0n) is 14.7. The Hall–Kier alpha value is -2.22. The molecule has 3 rings (SSSR count). The maximum atomic E-state index is 12.3. The average Bonchev–Trinajstić information content (AvgIpc) is 3.22. The Morgan fingerprint density at radius 3 is 2.54 bits per heavy atom. The number of hydrogen-bond donors (Lipinski definition) is 2. The quantitative estimate of drug-likeness (QED) is 0.816. The van der Waals surface area contributed by atoms with E-state index in [1.54, 1.807) is 30.3 Å². The van der Waals surface area contributed by atoms with Gasteiger partial charge in [0.05, 0.1) is 18.1 Å². The fraction of sp³-hybridized carbons (Fsp3) is 0.368. The first kappa shape index (κ1) is 18.6. The van der Waals surface area contributed by atoms with Crippen LogP contribution in [0, 0.1) is 0 Å². The Bertz CT molecular complexity index is 725. The first-order valence-electron chi connectivity index (χ1n) is 8.68. The van der Waals surface area contributed by atoms with Crippen LogP contribution >= 0.6 is 11.3 Å². The lowest BCUT2D eigenvalue weighted by Gasteiger charge is -2.32. The van der Waals surface area contributed by atoms with Gasteiger partial charge in [0.25, 0.3) is 11.8 Å². The van der Waals surface area contributed by atoms with E-state index < -0.39 is 0 Å². The van der Waals surface area contributed by atoms with E-state index in [1.165, 1.54) is 11.3 Å². The molecule has 2 heterocycles. The Kier molecular flexibility index (Phi) is 6.38. The van der Waals surface area contributed by atoms with Crippen molar-refractivity contribution in [2.75, 3.05) is 38.2 Å². The molecule has 1 atom stereocenters. The second-order valence-electron chi connectivity index (χ2n) is 6.22. The molecule has 0 saturated carbocycles. The van der Waals surface area contributed by atoms with Crippen LogP contribution in [0.3, 0.4) is 0 Å². The number of carbonyl (C=O) groups excluding carboxylic acids is 2. The predicted molar refractivity (Wildman–Crippen MR) is 103 cm³/mol. The summed E-state index contributed by atoms with van der Waals surface area (Å²) in [5, 5.41) is 7.66. The van der Waals surface area contributed by atoms with E-state index in [2.05, 4.69) is 22.5 Å². The maximum Gasteiger partial charge on any atom is 0.265 e. The number of hydrogen-bond acceptors (Lipinski definition) is 5. The number of rotatable bonds is 6. The van der Waals surface area contributed by atoms with Crippen LogP contribution in [0.4, 0.5) is 5.69 Å². The van der Waals surface area contributed by atoms with E-state index in [0.29, 0.717) is 22.7 Å². The minimum Gasteiger partial charge on any atom is -0.379 e. The summed E-state index contributed by atoms with van der Waals surface area (Å²) in [5.74, 6) is -0.252. The zero-order valence-corrected chi connectivity index (χ0v) is 15.6. The number of nitrogens with one attached hydrogen (secondary N) is 2. The van der Waals surface area contributed by atoms with Crippen LogP contribution < -0.4 is 10.6 Å². The molecule has 7 heteroatoms. The molecule has 26 heavy (non-hydrogen) atoms. The minimum atomic E-state index is -0.142. The topological polar surface area (TPSA) is 70.7 Å². The van der Waals surface area contributed by atoms with Gasteiger partial charge >= 0.3 is 0 Å². The minimum absolute atomic E-state index is 0.110. The van der Waals surface area contributed by atoms with Crippen LogP contribution in [0.1, 0.15) is 27.0 Å². The molecule has 2 amide bonds. The normalized spacial score (nSPS) is 16.0. The zero-order chi connectivity index (χ0) is 18.4. The summed E-state index contributed by atoms with van der Waals surface area (Å²) in [7, 11) is 0. The molecule has 1 aliphatic heterocycles. The number of benzene rings is 1. The van der Waals surface area contributed by atoms with Crippen LogP contribution in [0.15, 0.2) is 41.8 Å². The number of thiophene rings is 1. The van der Waals surface area contributed by atoms with Gasteiger partial charge in [-0.05, 0) is 42.6 Å². The van der Waals surface area contributed by atoms with Crippen LogP contribution in [0.5, 0.6) is 0 Å². The Labute approximate surface area is 157 Å². The van der Waals surface area contributed by atoms with Gasteiger partial charge < -0.3 is 15.4 Å². The molecule has 1 aromatic heterocycles. The molecule has 1 aliphatic rings. The van der Waals surface area contributed by atoms with Crippen molar-refractivity contribution < 1.29 is 14.3 Å². The molecule has 2 N–H and O–H groups in total. The highest BCUT2D eigenvalue weighted by atomic mass is 32.1. The van der Waals surface area contributed by atoms with Crippen LogP contribution in [0.2, 0.25) is 0 Å². The number of carbonyl (C=O) groups is 2. The average molecular weight is 373 g/mol. The summed E-state index contributed by atoms with van der Waals surface area (Å²) >= 11 is 1.39. The van der Waals surface area contributed by atoms with E-state index in [1.807, 2.05) is 11.4 Å². The number of amides is 2. The molecule has 2 aromatic rings. The highest BCUT2D eigenvalue weighted by Gasteiger charge is 2.17. The summed E-state index contributed by atoms with van der Waals surface area (Å²) in [6.45, 7) is 5.99. The SMILES string of the molecule is CC(CNC(=O)c1ccc(NC(=O)c2cccs2)cc1)N1CCOCC1. The van der Waals surface area contributed by atoms with Crippen molar-refractivity contribution in [2.45, 2.75) is 13.0 Å². The Balaban J connectivity index is 1.49. The Morgan fingerprint density at radius 2 is 1.88 bits per heavy atom. The van der Waals surface area contributed by atoms with Crippen molar-refractivity contribution in [2.24, 2.45) is 0 Å². The van der Waals surface area contributed by atoms with Gasteiger partial charge in [0, 0.05) is 36.9 Å². The lowest BCUT2D eigenvalue weighted by molar-refractivity contribution is 0.0204. The first-order chi connectivity index (χ1) is 12.6. The van der Waals surface area contributed by atoms with Crippen molar-refractivity contribution in [3.05, 3.63) is 52.2 Å². The monoisotopic (exact) mass is 373 g/mol. The molecule has 0 spiro atoms. The van der Waals surface area contributed by atoms with Gasteiger partial charge in [0.1, 0.15) is 0 Å². The van der Waals surface area contributed by atoms with Gasteiger partial charge in [-0.2, -0.15) is 0 Å². The molecule has 1 fully saturated rings. The number of morpholine rings is 1. The summed E-state index contributed by atoms with van der Waals surface area (Å²) in [5.41, 5.74) is 1.25. The van der Waals surface area contributed by atoms with E-state index in [-0.39, 0.29) is 17.9 Å². The summed E-state index contributed by atoms with van der Waals surface area (Å²) in [4.78, 5) is 27.3. The predicted octanol–water partition coefficient (Wildman–Crippen LogP) is 2.45. The fourth-order valence-electron chi connectivity index (χ4n) is 2.80. The standard InChI is InChI=1S/C19H23N3O3S/c1-14(22-8-10-25-11-9-22)13-20-18(23)15-4-6-16(7-5-15)21-19(24)17-3-2-12-26-17/h2-7,12,14H,8-11,13H2,1H3,(H,20,23)(H,21,24). The molecule has 0 radical (unpaired) electrons. The lowest BCUT2D eigenvalue weighted by Crippen LogP contribution is -2.47. The fourth-order valence-corrected chi connectivity index (χ4v) is 3.41. The van der Waals surface area contributed by atoms with Gasteiger partial charge in [-0.1, -0.05) is 6.07 Å². The van der Waals surface area contributed by atoms with E-state index in [9.17, 15) is 9.59 Å². The van der Waals surface area contributed by atoms with Crippen molar-refractivity contribution >= 4 is 28.8 Å².